The summed E-state index contributed by atoms with van der Waals surface area (Å²) in [6, 6.07) is 11.7. The lowest BCUT2D eigenvalue weighted by Crippen LogP contribution is -2.22. The molecule has 0 aliphatic heterocycles. The van der Waals surface area contributed by atoms with Crippen LogP contribution in [0.2, 0.25) is 0 Å². The lowest BCUT2D eigenvalue weighted by molar-refractivity contribution is 0.392. The molecule has 2 aromatic heterocycles. The van der Waals surface area contributed by atoms with Gasteiger partial charge in [-0.15, -0.1) is 5.10 Å². The van der Waals surface area contributed by atoms with Gasteiger partial charge in [0.15, 0.2) is 0 Å². The summed E-state index contributed by atoms with van der Waals surface area (Å²) in [6.45, 7) is 0.449. The largest absolute Gasteiger partial charge is 0.474 e. The summed E-state index contributed by atoms with van der Waals surface area (Å²) in [5, 5.41) is 20.3. The number of methoxy groups -OCH3 is 1. The summed E-state index contributed by atoms with van der Waals surface area (Å²) in [4.78, 5) is 0. The van der Waals surface area contributed by atoms with E-state index < -0.39 is 0 Å². The van der Waals surface area contributed by atoms with Crippen molar-refractivity contribution in [3.05, 3.63) is 60.2 Å². The number of hydrogen-bond donors (Lipinski definition) is 1. The van der Waals surface area contributed by atoms with Gasteiger partial charge in [0, 0.05) is 18.1 Å². The van der Waals surface area contributed by atoms with Crippen LogP contribution >= 0.6 is 12.2 Å². The molecule has 3 aromatic rings. The molecule has 120 valence electrons. The quantitative estimate of drug-likeness (QED) is 0.733. The van der Waals surface area contributed by atoms with Gasteiger partial charge in [-0.1, -0.05) is 5.21 Å². The van der Waals surface area contributed by atoms with Crippen molar-refractivity contribution in [2.45, 2.75) is 6.54 Å². The number of ether oxygens (including phenoxy) is 1. The summed E-state index contributed by atoms with van der Waals surface area (Å²) in [5.41, 5.74) is 3.23. The van der Waals surface area contributed by atoms with E-state index in [1.807, 2.05) is 41.2 Å². The monoisotopic (exact) mass is 338 g/mol. The van der Waals surface area contributed by atoms with Gasteiger partial charge < -0.3 is 14.6 Å². The molecule has 0 radical (unpaired) electrons. The Labute approximate surface area is 144 Å². The molecule has 0 aliphatic carbocycles. The van der Waals surface area contributed by atoms with Crippen LogP contribution in [0.25, 0.3) is 11.4 Å². The maximum Gasteiger partial charge on any atom is 0.256 e. The Morgan fingerprint density at radius 1 is 1.25 bits per heavy atom. The van der Waals surface area contributed by atoms with Gasteiger partial charge in [0.2, 0.25) is 0 Å². The molecule has 0 amide bonds. The van der Waals surface area contributed by atoms with E-state index in [2.05, 4.69) is 21.7 Å². The molecular weight excluding hydrogens is 324 g/mol. The van der Waals surface area contributed by atoms with Crippen molar-refractivity contribution in [1.29, 1.82) is 5.26 Å². The molecule has 24 heavy (non-hydrogen) atoms. The van der Waals surface area contributed by atoms with Gasteiger partial charge in [0.25, 0.3) is 5.17 Å². The molecule has 0 spiro atoms. The molecule has 8 heteroatoms. The molecule has 0 fully saturated rings. The van der Waals surface area contributed by atoms with Crippen molar-refractivity contribution in [2.75, 3.05) is 7.11 Å². The maximum atomic E-state index is 8.88. The van der Waals surface area contributed by atoms with E-state index in [1.54, 1.807) is 16.9 Å². The zero-order valence-electron chi connectivity index (χ0n) is 12.9. The Hall–Kier alpha value is -3.18. The highest BCUT2D eigenvalue weighted by molar-refractivity contribution is 7.80. The number of nitriles is 1. The molecular formula is C16H14N6OS. The highest BCUT2D eigenvalue weighted by atomic mass is 32.1. The van der Waals surface area contributed by atoms with E-state index in [9.17, 15) is 0 Å². The fourth-order valence-corrected chi connectivity index (χ4v) is 2.21. The first-order valence-electron chi connectivity index (χ1n) is 7.11. The Kier molecular flexibility index (Phi) is 4.54. The van der Waals surface area contributed by atoms with Crippen LogP contribution < -0.4 is 5.32 Å². The second kappa shape index (κ2) is 6.93. The van der Waals surface area contributed by atoms with E-state index in [4.69, 9.17) is 22.2 Å². The molecule has 1 N–H and O–H groups in total. The third kappa shape index (κ3) is 3.42. The first-order valence-corrected chi connectivity index (χ1v) is 7.52. The molecule has 0 saturated heterocycles. The molecule has 2 heterocycles. The first kappa shape index (κ1) is 15.7. The molecule has 0 saturated carbocycles. The molecule has 0 atom stereocenters. The lowest BCUT2D eigenvalue weighted by Gasteiger charge is -2.05. The van der Waals surface area contributed by atoms with Crippen molar-refractivity contribution in [2.24, 2.45) is 0 Å². The summed E-state index contributed by atoms with van der Waals surface area (Å²) >= 11 is 4.92. The van der Waals surface area contributed by atoms with Gasteiger partial charge in [-0.05, 0) is 42.5 Å². The smallest absolute Gasteiger partial charge is 0.256 e. The highest BCUT2D eigenvalue weighted by Gasteiger charge is 2.05. The SMILES string of the molecule is COC(=S)NCc1cn(-c2ccc(-n3ccc(C#N)c3)cc2)nn1. The molecule has 1 aromatic carbocycles. The number of hydrogen-bond acceptors (Lipinski definition) is 5. The average Bonchev–Trinajstić information content (AvgIpc) is 3.29. The van der Waals surface area contributed by atoms with Crippen LogP contribution in [0.5, 0.6) is 0 Å². The zero-order chi connectivity index (χ0) is 16.9. The van der Waals surface area contributed by atoms with Crippen LogP contribution in [0.3, 0.4) is 0 Å². The second-order valence-corrected chi connectivity index (χ2v) is 5.31. The van der Waals surface area contributed by atoms with Gasteiger partial charge >= 0.3 is 0 Å². The number of rotatable bonds is 4. The summed E-state index contributed by atoms with van der Waals surface area (Å²) in [7, 11) is 1.51. The van der Waals surface area contributed by atoms with E-state index in [1.165, 1.54) is 7.11 Å². The lowest BCUT2D eigenvalue weighted by atomic mass is 10.3. The van der Waals surface area contributed by atoms with Crippen molar-refractivity contribution >= 4 is 17.4 Å². The van der Waals surface area contributed by atoms with Crippen LogP contribution in [0.1, 0.15) is 11.3 Å². The predicted octanol–water partition coefficient (Wildman–Crippen LogP) is 1.95. The van der Waals surface area contributed by atoms with Gasteiger partial charge in [-0.2, -0.15) is 5.26 Å². The molecule has 0 bridgehead atoms. The fourth-order valence-electron chi connectivity index (χ4n) is 2.14. The minimum atomic E-state index is 0.317. The third-order valence-corrected chi connectivity index (χ3v) is 3.69. The number of benzene rings is 1. The minimum absolute atomic E-state index is 0.317. The molecule has 7 nitrogen and oxygen atoms in total. The Bertz CT molecular complexity index is 890. The molecule has 0 aliphatic rings. The second-order valence-electron chi connectivity index (χ2n) is 4.94. The van der Waals surface area contributed by atoms with Gasteiger partial charge in [0.1, 0.15) is 11.8 Å². The summed E-state index contributed by atoms with van der Waals surface area (Å²) in [5.74, 6) is 0. The summed E-state index contributed by atoms with van der Waals surface area (Å²) < 4.78 is 8.45. The van der Waals surface area contributed by atoms with Crippen molar-refractivity contribution in [1.82, 2.24) is 24.9 Å². The fraction of sp³-hybridized carbons (Fsp3) is 0.125. The number of nitrogens with zero attached hydrogens (tertiary/aromatic N) is 5. The normalized spacial score (nSPS) is 10.2. The van der Waals surface area contributed by atoms with Crippen molar-refractivity contribution in [3.63, 3.8) is 0 Å². The predicted molar refractivity (Wildman–Crippen MR) is 91.8 cm³/mol. The zero-order valence-corrected chi connectivity index (χ0v) is 13.7. The van der Waals surface area contributed by atoms with Gasteiger partial charge in [-0.3, -0.25) is 0 Å². The Morgan fingerprint density at radius 3 is 2.67 bits per heavy atom. The van der Waals surface area contributed by atoms with Crippen LogP contribution in [0.4, 0.5) is 0 Å². The van der Waals surface area contributed by atoms with Crippen LogP contribution in [0, 0.1) is 11.3 Å². The standard InChI is InChI=1S/C16H14N6OS/c1-23-16(24)18-9-13-11-22(20-19-13)15-4-2-14(3-5-15)21-7-6-12(8-17)10-21/h2-7,10-11H,9H2,1H3,(H,18,24). The van der Waals surface area contributed by atoms with E-state index in [0.29, 0.717) is 17.3 Å². The number of nitrogens with one attached hydrogen (secondary N) is 1. The van der Waals surface area contributed by atoms with Gasteiger partial charge in [-0.25, -0.2) is 4.68 Å². The first-order chi connectivity index (χ1) is 11.7. The number of aromatic nitrogens is 4. The Balaban J connectivity index is 1.73. The summed E-state index contributed by atoms with van der Waals surface area (Å²) in [6.07, 6.45) is 5.46. The average molecular weight is 338 g/mol. The maximum absolute atomic E-state index is 8.88. The highest BCUT2D eigenvalue weighted by Crippen LogP contribution is 2.14. The van der Waals surface area contributed by atoms with E-state index in [-0.39, 0.29) is 0 Å². The van der Waals surface area contributed by atoms with Crippen LogP contribution in [-0.4, -0.2) is 31.8 Å². The Morgan fingerprint density at radius 2 is 2.00 bits per heavy atom. The van der Waals surface area contributed by atoms with Crippen molar-refractivity contribution in [3.8, 4) is 17.4 Å². The van der Waals surface area contributed by atoms with Gasteiger partial charge in [0.05, 0.1) is 31.1 Å². The van der Waals surface area contributed by atoms with Crippen molar-refractivity contribution < 1.29 is 4.74 Å². The number of thiocarbonyl (C=S) groups is 1. The van der Waals surface area contributed by atoms with E-state index in [0.717, 1.165) is 17.1 Å². The van der Waals surface area contributed by atoms with E-state index >= 15 is 0 Å². The van der Waals surface area contributed by atoms with Crippen LogP contribution in [0.15, 0.2) is 48.9 Å². The van der Waals surface area contributed by atoms with Crippen LogP contribution in [-0.2, 0) is 11.3 Å². The minimum Gasteiger partial charge on any atom is -0.474 e. The third-order valence-electron chi connectivity index (χ3n) is 3.37. The topological polar surface area (TPSA) is 80.7 Å². The molecule has 3 rings (SSSR count). The molecule has 0 unspecified atom stereocenters.